The first-order valence-corrected chi connectivity index (χ1v) is 7.88. The van der Waals surface area contributed by atoms with Crippen LogP contribution in [0.3, 0.4) is 0 Å². The highest BCUT2D eigenvalue weighted by Gasteiger charge is 2.09. The van der Waals surface area contributed by atoms with Gasteiger partial charge >= 0.3 is 0 Å². The second-order valence-corrected chi connectivity index (χ2v) is 5.65. The molecule has 2 N–H and O–H groups in total. The lowest BCUT2D eigenvalue weighted by atomic mass is 10.1. The molecular weight excluding hydrogens is 302 g/mol. The van der Waals surface area contributed by atoms with Crippen molar-refractivity contribution in [3.63, 3.8) is 0 Å². The van der Waals surface area contributed by atoms with Crippen LogP contribution in [0.15, 0.2) is 47.6 Å². The van der Waals surface area contributed by atoms with Crippen LogP contribution in [0.4, 0.5) is 0 Å². The van der Waals surface area contributed by atoms with Crippen LogP contribution in [0.25, 0.3) is 0 Å². The van der Waals surface area contributed by atoms with E-state index < -0.39 is 0 Å². The monoisotopic (exact) mass is 327 g/mol. The Morgan fingerprint density at radius 3 is 2.71 bits per heavy atom. The van der Waals surface area contributed by atoms with Gasteiger partial charge in [-0.3, -0.25) is 9.79 Å². The number of rotatable bonds is 5. The van der Waals surface area contributed by atoms with Gasteiger partial charge in [0, 0.05) is 52.2 Å². The maximum Gasteiger partial charge on any atom is 0.251 e. The standard InChI is InChI=1S/C18H25N5O/c1-19-17(24)15-8-5-7-14(11-15)12-21-18(20-2)23(4)13-16-9-6-10-22(16)3/h5-11H,12-13H2,1-4H3,(H,19,24)(H,20,21). The Morgan fingerprint density at radius 1 is 1.29 bits per heavy atom. The number of nitrogens with zero attached hydrogens (tertiary/aromatic N) is 3. The van der Waals surface area contributed by atoms with E-state index in [-0.39, 0.29) is 5.91 Å². The number of carbonyl (C=O) groups is 1. The zero-order valence-electron chi connectivity index (χ0n) is 14.7. The van der Waals surface area contributed by atoms with Crippen LogP contribution >= 0.6 is 0 Å². The summed E-state index contributed by atoms with van der Waals surface area (Å²) in [5.41, 5.74) is 2.90. The minimum atomic E-state index is -0.0814. The van der Waals surface area contributed by atoms with E-state index in [4.69, 9.17) is 0 Å². The molecule has 128 valence electrons. The summed E-state index contributed by atoms with van der Waals surface area (Å²) >= 11 is 0. The lowest BCUT2D eigenvalue weighted by Crippen LogP contribution is -2.38. The van der Waals surface area contributed by atoms with Crippen molar-refractivity contribution in [1.29, 1.82) is 0 Å². The molecule has 0 spiro atoms. The molecule has 0 radical (unpaired) electrons. The molecule has 1 aromatic carbocycles. The highest BCUT2D eigenvalue weighted by atomic mass is 16.1. The molecule has 1 amide bonds. The summed E-state index contributed by atoms with van der Waals surface area (Å²) in [7, 11) is 7.44. The lowest BCUT2D eigenvalue weighted by Gasteiger charge is -2.22. The highest BCUT2D eigenvalue weighted by Crippen LogP contribution is 2.07. The average Bonchev–Trinajstić information content (AvgIpc) is 2.99. The van der Waals surface area contributed by atoms with Crippen molar-refractivity contribution in [1.82, 2.24) is 20.1 Å². The second kappa shape index (κ2) is 8.19. The Balaban J connectivity index is 1.98. The Morgan fingerprint density at radius 2 is 2.08 bits per heavy atom. The molecule has 2 rings (SSSR count). The fourth-order valence-corrected chi connectivity index (χ4v) is 2.51. The minimum Gasteiger partial charge on any atom is -0.355 e. The molecule has 1 heterocycles. The van der Waals surface area contributed by atoms with Gasteiger partial charge < -0.3 is 20.1 Å². The molecule has 6 nitrogen and oxygen atoms in total. The van der Waals surface area contributed by atoms with E-state index in [0.29, 0.717) is 12.1 Å². The van der Waals surface area contributed by atoms with Gasteiger partial charge in [0.1, 0.15) is 0 Å². The number of benzene rings is 1. The number of aryl methyl sites for hydroxylation is 1. The van der Waals surface area contributed by atoms with Gasteiger partial charge in [-0.15, -0.1) is 0 Å². The Hall–Kier alpha value is -2.76. The maximum absolute atomic E-state index is 11.7. The zero-order valence-corrected chi connectivity index (χ0v) is 14.7. The minimum absolute atomic E-state index is 0.0814. The molecule has 0 bridgehead atoms. The molecule has 0 atom stereocenters. The first-order chi connectivity index (χ1) is 11.5. The molecule has 0 saturated heterocycles. The van der Waals surface area contributed by atoms with Crippen molar-refractivity contribution in [3.8, 4) is 0 Å². The van der Waals surface area contributed by atoms with Gasteiger partial charge in [-0.25, -0.2) is 0 Å². The van der Waals surface area contributed by atoms with Crippen LogP contribution in [0, 0.1) is 0 Å². The van der Waals surface area contributed by atoms with Crippen LogP contribution < -0.4 is 10.6 Å². The van der Waals surface area contributed by atoms with Gasteiger partial charge in [0.2, 0.25) is 0 Å². The average molecular weight is 327 g/mol. The highest BCUT2D eigenvalue weighted by molar-refractivity contribution is 5.94. The van der Waals surface area contributed by atoms with Crippen molar-refractivity contribution in [2.75, 3.05) is 21.1 Å². The third-order valence-electron chi connectivity index (χ3n) is 3.89. The van der Waals surface area contributed by atoms with Gasteiger partial charge in [0.25, 0.3) is 5.91 Å². The van der Waals surface area contributed by atoms with Crippen molar-refractivity contribution < 1.29 is 4.79 Å². The Bertz CT molecular complexity index is 720. The number of amides is 1. The first-order valence-electron chi connectivity index (χ1n) is 7.88. The molecule has 0 fully saturated rings. The third kappa shape index (κ3) is 4.38. The van der Waals surface area contributed by atoms with Crippen molar-refractivity contribution in [2.45, 2.75) is 13.1 Å². The molecule has 6 heteroatoms. The van der Waals surface area contributed by atoms with Gasteiger partial charge in [0.15, 0.2) is 5.96 Å². The van der Waals surface area contributed by atoms with Crippen LogP contribution in [0.2, 0.25) is 0 Å². The van der Waals surface area contributed by atoms with Gasteiger partial charge in [0.05, 0.1) is 6.54 Å². The van der Waals surface area contributed by atoms with E-state index in [9.17, 15) is 4.79 Å². The van der Waals surface area contributed by atoms with Crippen LogP contribution in [-0.2, 0) is 20.1 Å². The number of aromatic nitrogens is 1. The normalized spacial score (nSPS) is 11.2. The summed E-state index contributed by atoms with van der Waals surface area (Å²) in [6, 6.07) is 11.7. The Labute approximate surface area is 143 Å². The summed E-state index contributed by atoms with van der Waals surface area (Å²) in [6.45, 7) is 1.37. The van der Waals surface area contributed by atoms with E-state index in [1.165, 1.54) is 5.69 Å². The first kappa shape index (κ1) is 17.6. The summed E-state index contributed by atoms with van der Waals surface area (Å²) in [6.07, 6.45) is 2.03. The second-order valence-electron chi connectivity index (χ2n) is 5.65. The molecule has 0 unspecified atom stereocenters. The molecule has 24 heavy (non-hydrogen) atoms. The quantitative estimate of drug-likeness (QED) is 0.648. The Kier molecular flexibility index (Phi) is 6.01. The number of guanidine groups is 1. The van der Waals surface area contributed by atoms with Crippen LogP contribution in [0.5, 0.6) is 0 Å². The van der Waals surface area contributed by atoms with Gasteiger partial charge in [-0.1, -0.05) is 12.1 Å². The third-order valence-corrected chi connectivity index (χ3v) is 3.89. The molecule has 0 aliphatic carbocycles. The summed E-state index contributed by atoms with van der Waals surface area (Å²) < 4.78 is 2.09. The molecule has 0 aliphatic heterocycles. The lowest BCUT2D eigenvalue weighted by molar-refractivity contribution is 0.0963. The topological polar surface area (TPSA) is 61.7 Å². The van der Waals surface area contributed by atoms with Crippen LogP contribution in [-0.4, -0.2) is 42.5 Å². The molecule has 2 aromatic rings. The SMILES string of the molecule is CN=C(NCc1cccc(C(=O)NC)c1)N(C)Cc1cccn1C. The number of hydrogen-bond acceptors (Lipinski definition) is 2. The maximum atomic E-state index is 11.7. The van der Waals surface area contributed by atoms with Crippen molar-refractivity contribution in [3.05, 3.63) is 59.4 Å². The largest absolute Gasteiger partial charge is 0.355 e. The van der Waals surface area contributed by atoms with E-state index in [0.717, 1.165) is 18.1 Å². The predicted octanol–water partition coefficient (Wildman–Crippen LogP) is 1.59. The van der Waals surface area contributed by atoms with E-state index in [1.54, 1.807) is 20.2 Å². The summed E-state index contributed by atoms with van der Waals surface area (Å²) in [5, 5.41) is 5.98. The fourth-order valence-electron chi connectivity index (χ4n) is 2.51. The van der Waals surface area contributed by atoms with E-state index in [2.05, 4.69) is 31.2 Å². The van der Waals surface area contributed by atoms with E-state index in [1.807, 2.05) is 44.6 Å². The van der Waals surface area contributed by atoms with Crippen LogP contribution in [0.1, 0.15) is 21.6 Å². The zero-order chi connectivity index (χ0) is 17.5. The smallest absolute Gasteiger partial charge is 0.251 e. The van der Waals surface area contributed by atoms with Gasteiger partial charge in [-0.05, 0) is 29.8 Å². The fraction of sp³-hybridized carbons (Fsp3) is 0.333. The van der Waals surface area contributed by atoms with Crippen molar-refractivity contribution in [2.24, 2.45) is 12.0 Å². The number of hydrogen-bond donors (Lipinski definition) is 2. The molecule has 0 aliphatic rings. The summed E-state index contributed by atoms with van der Waals surface area (Å²) in [5.74, 6) is 0.726. The molecule has 1 aromatic heterocycles. The number of nitrogens with one attached hydrogen (secondary N) is 2. The summed E-state index contributed by atoms with van der Waals surface area (Å²) in [4.78, 5) is 18.1. The van der Waals surface area contributed by atoms with E-state index >= 15 is 0 Å². The van der Waals surface area contributed by atoms with Crippen molar-refractivity contribution >= 4 is 11.9 Å². The number of aliphatic imine (C=N–C) groups is 1. The number of carbonyl (C=O) groups excluding carboxylic acids is 1. The predicted molar refractivity (Wildman–Crippen MR) is 96.9 cm³/mol. The molecule has 0 saturated carbocycles. The molecular formula is C18H25N5O. The van der Waals surface area contributed by atoms with Gasteiger partial charge in [-0.2, -0.15) is 0 Å².